The lowest BCUT2D eigenvalue weighted by molar-refractivity contribution is 0.0524. The van der Waals surface area contributed by atoms with E-state index in [2.05, 4.69) is 16.0 Å². The smallest absolute Gasteiger partial charge is 0.319 e. The molecule has 0 spiro atoms. The molecule has 25 heavy (non-hydrogen) atoms. The first-order valence-electron chi connectivity index (χ1n) is 7.28. The maximum absolute atomic E-state index is 12.3. The number of nitrogens with one attached hydrogen (secondary N) is 3. The van der Waals surface area contributed by atoms with Gasteiger partial charge in [-0.3, -0.25) is 0 Å². The molecule has 0 bridgehead atoms. The van der Waals surface area contributed by atoms with E-state index < -0.39 is 9.96 Å². The van der Waals surface area contributed by atoms with Crippen LogP contribution < -0.4 is 16.0 Å². The van der Waals surface area contributed by atoms with Gasteiger partial charge in [-0.1, -0.05) is 46.4 Å². The molecule has 138 valence electrons. The van der Waals surface area contributed by atoms with E-state index in [1.807, 2.05) is 0 Å². The topological polar surface area (TPSA) is 65.6 Å². The number of halogens is 4. The first kappa shape index (κ1) is 20.6. The highest BCUT2D eigenvalue weighted by Crippen LogP contribution is 2.29. The molecule has 2 rings (SSSR count). The van der Waals surface area contributed by atoms with Gasteiger partial charge in [-0.25, -0.2) is 4.79 Å². The number of morpholine rings is 1. The van der Waals surface area contributed by atoms with Crippen LogP contribution in [-0.2, 0) is 4.74 Å². The van der Waals surface area contributed by atoms with Gasteiger partial charge in [-0.05, 0) is 36.5 Å². The van der Waals surface area contributed by atoms with E-state index >= 15 is 0 Å². The number of rotatable bonds is 3. The number of carbonyl (C=O) groups is 1. The number of urea groups is 1. The normalized spacial score (nSPS) is 16.1. The Bertz CT molecular complexity index is 606. The maximum Gasteiger partial charge on any atom is 0.319 e. The SMILES string of the molecule is O=C(N[C@H](NC(=S)Nc1ccc(Cl)cc1)C(Cl)(Cl)Cl)N1CCOCC1. The number of thiocarbonyl (C=S) groups is 1. The van der Waals surface area contributed by atoms with E-state index in [9.17, 15) is 4.79 Å². The van der Waals surface area contributed by atoms with Gasteiger partial charge in [0.25, 0.3) is 0 Å². The highest BCUT2D eigenvalue weighted by Gasteiger charge is 2.35. The molecule has 1 saturated heterocycles. The molecule has 0 aliphatic carbocycles. The van der Waals surface area contributed by atoms with Crippen molar-refractivity contribution in [1.29, 1.82) is 0 Å². The number of benzene rings is 1. The van der Waals surface area contributed by atoms with Crippen molar-refractivity contribution < 1.29 is 9.53 Å². The Morgan fingerprint density at radius 3 is 2.32 bits per heavy atom. The molecule has 2 amide bonds. The predicted octanol–water partition coefficient (Wildman–Crippen LogP) is 3.36. The Morgan fingerprint density at radius 1 is 1.16 bits per heavy atom. The average molecular weight is 446 g/mol. The Labute approximate surface area is 171 Å². The molecule has 0 saturated carbocycles. The Hall–Kier alpha value is -0.700. The minimum atomic E-state index is -1.81. The largest absolute Gasteiger partial charge is 0.378 e. The van der Waals surface area contributed by atoms with Gasteiger partial charge in [0.2, 0.25) is 3.79 Å². The zero-order chi connectivity index (χ0) is 18.4. The molecule has 6 nitrogen and oxygen atoms in total. The van der Waals surface area contributed by atoms with Gasteiger partial charge < -0.3 is 25.6 Å². The molecule has 3 N–H and O–H groups in total. The zero-order valence-corrected chi connectivity index (χ0v) is 16.7. The Kier molecular flexibility index (Phi) is 7.67. The van der Waals surface area contributed by atoms with E-state index in [1.165, 1.54) is 0 Å². The van der Waals surface area contributed by atoms with Crippen LogP contribution in [0.1, 0.15) is 0 Å². The summed E-state index contributed by atoms with van der Waals surface area (Å²) >= 11 is 28.9. The van der Waals surface area contributed by atoms with Gasteiger partial charge in [-0.2, -0.15) is 0 Å². The Balaban J connectivity index is 1.95. The van der Waals surface area contributed by atoms with Gasteiger partial charge in [0.15, 0.2) is 11.3 Å². The van der Waals surface area contributed by atoms with Gasteiger partial charge in [0.05, 0.1) is 13.2 Å². The van der Waals surface area contributed by atoms with E-state index in [0.717, 1.165) is 0 Å². The van der Waals surface area contributed by atoms with Crippen LogP contribution in [-0.4, -0.2) is 52.3 Å². The molecule has 0 aromatic heterocycles. The number of anilines is 1. The van der Waals surface area contributed by atoms with Crippen molar-refractivity contribution in [3.8, 4) is 0 Å². The lowest BCUT2D eigenvalue weighted by Crippen LogP contribution is -2.59. The molecule has 1 aromatic rings. The van der Waals surface area contributed by atoms with Crippen LogP contribution in [0.3, 0.4) is 0 Å². The van der Waals surface area contributed by atoms with Crippen LogP contribution in [0.15, 0.2) is 24.3 Å². The number of hydrogen-bond acceptors (Lipinski definition) is 3. The summed E-state index contributed by atoms with van der Waals surface area (Å²) in [5.74, 6) is 0. The summed E-state index contributed by atoms with van der Waals surface area (Å²) in [6, 6.07) is 6.53. The quantitative estimate of drug-likeness (QED) is 0.378. The second-order valence-corrected chi connectivity index (χ2v) is 8.34. The number of nitrogens with zero attached hydrogens (tertiary/aromatic N) is 1. The maximum atomic E-state index is 12.3. The first-order valence-corrected chi connectivity index (χ1v) is 9.21. The second kappa shape index (κ2) is 9.30. The predicted molar refractivity (Wildman–Crippen MR) is 106 cm³/mol. The van der Waals surface area contributed by atoms with E-state index in [1.54, 1.807) is 29.2 Å². The summed E-state index contributed by atoms with van der Waals surface area (Å²) in [7, 11) is 0. The fraction of sp³-hybridized carbons (Fsp3) is 0.429. The van der Waals surface area contributed by atoms with Gasteiger partial charge in [0, 0.05) is 23.8 Å². The summed E-state index contributed by atoms with van der Waals surface area (Å²) in [6.45, 7) is 1.86. The van der Waals surface area contributed by atoms with Crippen LogP contribution in [0.4, 0.5) is 10.5 Å². The Morgan fingerprint density at radius 2 is 1.76 bits per heavy atom. The molecule has 1 atom stereocenters. The van der Waals surface area contributed by atoms with Crippen LogP contribution in [0.25, 0.3) is 0 Å². The lowest BCUT2D eigenvalue weighted by Gasteiger charge is -2.32. The highest BCUT2D eigenvalue weighted by molar-refractivity contribution is 7.80. The number of alkyl halides is 3. The van der Waals surface area contributed by atoms with E-state index in [-0.39, 0.29) is 11.1 Å². The summed E-state index contributed by atoms with van der Waals surface area (Å²) in [5.41, 5.74) is 0.699. The van der Waals surface area contributed by atoms with Crippen molar-refractivity contribution in [2.24, 2.45) is 0 Å². The third-order valence-electron chi connectivity index (χ3n) is 3.27. The van der Waals surface area contributed by atoms with Crippen molar-refractivity contribution in [3.05, 3.63) is 29.3 Å². The van der Waals surface area contributed by atoms with Gasteiger partial charge in [-0.15, -0.1) is 0 Å². The number of amides is 2. The van der Waals surface area contributed by atoms with Crippen molar-refractivity contribution >= 4 is 75.5 Å². The van der Waals surface area contributed by atoms with Gasteiger partial charge >= 0.3 is 6.03 Å². The molecule has 1 fully saturated rings. The molecule has 11 heteroatoms. The molecule has 1 aliphatic rings. The van der Waals surface area contributed by atoms with Crippen molar-refractivity contribution in [1.82, 2.24) is 15.5 Å². The fourth-order valence-electron chi connectivity index (χ4n) is 2.01. The van der Waals surface area contributed by atoms with E-state index in [0.29, 0.717) is 37.0 Å². The van der Waals surface area contributed by atoms with Crippen molar-refractivity contribution in [2.75, 3.05) is 31.6 Å². The summed E-state index contributed by atoms with van der Waals surface area (Å²) in [6.07, 6.45) is -1.03. The third kappa shape index (κ3) is 6.84. The average Bonchev–Trinajstić information content (AvgIpc) is 2.56. The number of ether oxygens (including phenoxy) is 1. The first-order chi connectivity index (χ1) is 11.8. The molecule has 1 aromatic carbocycles. The molecule has 0 radical (unpaired) electrons. The third-order valence-corrected chi connectivity index (χ3v) is 4.40. The van der Waals surface area contributed by atoms with Crippen LogP contribution in [0.2, 0.25) is 5.02 Å². The molecule has 1 heterocycles. The van der Waals surface area contributed by atoms with Crippen molar-refractivity contribution in [2.45, 2.75) is 9.96 Å². The van der Waals surface area contributed by atoms with E-state index in [4.69, 9.17) is 63.4 Å². The summed E-state index contributed by atoms with van der Waals surface area (Å²) in [4.78, 5) is 13.9. The standard InChI is InChI=1S/C14H16Cl4N4O2S/c15-9-1-3-10(4-2-9)19-12(25)20-11(14(16,17)18)21-13(23)22-5-7-24-8-6-22/h1-4,11H,5-8H2,(H,21,23)(H2,19,20,25)/t11-/m0/s1. The number of carbonyl (C=O) groups excluding carboxylic acids is 1. The highest BCUT2D eigenvalue weighted by atomic mass is 35.6. The molecular formula is C14H16Cl4N4O2S. The lowest BCUT2D eigenvalue weighted by atomic mass is 10.3. The summed E-state index contributed by atoms with van der Waals surface area (Å²) < 4.78 is 3.39. The molecular weight excluding hydrogens is 430 g/mol. The molecule has 1 aliphatic heterocycles. The molecule has 0 unspecified atom stereocenters. The van der Waals surface area contributed by atoms with Crippen molar-refractivity contribution in [3.63, 3.8) is 0 Å². The van der Waals surface area contributed by atoms with Crippen LogP contribution >= 0.6 is 58.6 Å². The summed E-state index contributed by atoms with van der Waals surface area (Å²) in [5, 5.41) is 9.13. The van der Waals surface area contributed by atoms with Crippen LogP contribution in [0.5, 0.6) is 0 Å². The second-order valence-electron chi connectivity index (χ2n) is 5.13. The minimum absolute atomic E-state index is 0.181. The number of hydrogen-bond donors (Lipinski definition) is 3. The van der Waals surface area contributed by atoms with Crippen LogP contribution in [0, 0.1) is 0 Å². The zero-order valence-electron chi connectivity index (χ0n) is 12.9. The monoisotopic (exact) mass is 444 g/mol. The van der Waals surface area contributed by atoms with Gasteiger partial charge in [0.1, 0.15) is 0 Å². The fourth-order valence-corrected chi connectivity index (χ4v) is 2.70. The minimum Gasteiger partial charge on any atom is -0.378 e.